The summed E-state index contributed by atoms with van der Waals surface area (Å²) in [6, 6.07) is 22.3. The lowest BCUT2D eigenvalue weighted by atomic mass is 10.1. The van der Waals surface area contributed by atoms with E-state index >= 15 is 0 Å². The monoisotopic (exact) mass is 492 g/mol. The highest BCUT2D eigenvalue weighted by molar-refractivity contribution is 6.35. The minimum atomic E-state index is 0. The van der Waals surface area contributed by atoms with Gasteiger partial charge in [0.15, 0.2) is 0 Å². The van der Waals surface area contributed by atoms with E-state index in [0.717, 1.165) is 30.1 Å². The van der Waals surface area contributed by atoms with Gasteiger partial charge in [-0.2, -0.15) is 0 Å². The summed E-state index contributed by atoms with van der Waals surface area (Å²) in [6.45, 7) is 4.62. The van der Waals surface area contributed by atoms with E-state index in [1.54, 1.807) is 6.07 Å². The van der Waals surface area contributed by atoms with Gasteiger partial charge in [0.1, 0.15) is 0 Å². The van der Waals surface area contributed by atoms with Crippen molar-refractivity contribution in [2.24, 2.45) is 0 Å². The molecule has 0 radical (unpaired) electrons. The smallest absolute Gasteiger partial charge is 0.0493 e. The predicted molar refractivity (Wildman–Crippen MR) is 136 cm³/mol. The van der Waals surface area contributed by atoms with Crippen LogP contribution in [0, 0.1) is 6.92 Å². The number of rotatable bonds is 7. The van der Waals surface area contributed by atoms with Crippen LogP contribution in [-0.2, 0) is 19.5 Å². The SMILES string of the molecule is Cc1c(CNCCc2ccc(Cl)cc2)c2ccccc2n1Cc1ccc(Cl)cc1Cl.Cl. The number of nitrogens with zero attached hydrogens (tertiary/aromatic N) is 1. The topological polar surface area (TPSA) is 17.0 Å². The molecule has 4 rings (SSSR count). The van der Waals surface area contributed by atoms with Crippen LogP contribution in [0.3, 0.4) is 0 Å². The lowest BCUT2D eigenvalue weighted by Crippen LogP contribution is -2.17. The van der Waals surface area contributed by atoms with Crippen LogP contribution in [0.5, 0.6) is 0 Å². The summed E-state index contributed by atoms with van der Waals surface area (Å²) in [7, 11) is 0. The Morgan fingerprint density at radius 3 is 2.32 bits per heavy atom. The van der Waals surface area contributed by atoms with Gasteiger partial charge in [-0.25, -0.2) is 0 Å². The molecule has 0 fully saturated rings. The third kappa shape index (κ3) is 5.58. The fraction of sp³-hybridized carbons (Fsp3) is 0.200. The second-order valence-electron chi connectivity index (χ2n) is 7.46. The van der Waals surface area contributed by atoms with Crippen molar-refractivity contribution in [2.75, 3.05) is 6.54 Å². The Balaban J connectivity index is 0.00000272. The molecule has 0 spiro atoms. The first-order valence-electron chi connectivity index (χ1n) is 9.98. The van der Waals surface area contributed by atoms with E-state index < -0.39 is 0 Å². The molecule has 0 bridgehead atoms. The Bertz CT molecular complexity index is 1170. The molecule has 1 N–H and O–H groups in total. The summed E-state index contributed by atoms with van der Waals surface area (Å²) in [4.78, 5) is 0. The Labute approximate surface area is 204 Å². The van der Waals surface area contributed by atoms with Crippen molar-refractivity contribution in [3.63, 3.8) is 0 Å². The van der Waals surface area contributed by atoms with E-state index in [0.29, 0.717) is 16.6 Å². The van der Waals surface area contributed by atoms with Gasteiger partial charge in [0, 0.05) is 44.8 Å². The van der Waals surface area contributed by atoms with Crippen molar-refractivity contribution in [3.8, 4) is 0 Å². The third-order valence-electron chi connectivity index (χ3n) is 5.51. The number of halogens is 4. The minimum Gasteiger partial charge on any atom is -0.340 e. The van der Waals surface area contributed by atoms with Gasteiger partial charge < -0.3 is 9.88 Å². The number of benzene rings is 3. The molecule has 0 atom stereocenters. The van der Waals surface area contributed by atoms with Gasteiger partial charge in [0.2, 0.25) is 0 Å². The first-order chi connectivity index (χ1) is 14.5. The van der Waals surface area contributed by atoms with E-state index in [9.17, 15) is 0 Å². The molecule has 0 aliphatic heterocycles. The highest BCUT2D eigenvalue weighted by Crippen LogP contribution is 2.29. The van der Waals surface area contributed by atoms with Gasteiger partial charge in [-0.1, -0.05) is 71.2 Å². The van der Waals surface area contributed by atoms with Gasteiger partial charge >= 0.3 is 0 Å². The zero-order chi connectivity index (χ0) is 21.1. The molecule has 1 heterocycles. The summed E-state index contributed by atoms with van der Waals surface area (Å²) >= 11 is 18.5. The van der Waals surface area contributed by atoms with Crippen molar-refractivity contribution >= 4 is 58.1 Å². The first-order valence-corrected chi connectivity index (χ1v) is 11.1. The molecule has 162 valence electrons. The minimum absolute atomic E-state index is 0. The van der Waals surface area contributed by atoms with Gasteiger partial charge in [-0.15, -0.1) is 12.4 Å². The number of hydrogen-bond donors (Lipinski definition) is 1. The number of hydrogen-bond acceptors (Lipinski definition) is 1. The fourth-order valence-electron chi connectivity index (χ4n) is 3.85. The largest absolute Gasteiger partial charge is 0.340 e. The molecular weight excluding hydrogens is 470 g/mol. The zero-order valence-corrected chi connectivity index (χ0v) is 20.3. The number of para-hydroxylation sites is 1. The van der Waals surface area contributed by atoms with Gasteiger partial charge in [0.05, 0.1) is 0 Å². The number of fused-ring (bicyclic) bond motifs is 1. The van der Waals surface area contributed by atoms with Crippen molar-refractivity contribution in [3.05, 3.63) is 104 Å². The molecule has 0 saturated carbocycles. The third-order valence-corrected chi connectivity index (χ3v) is 6.35. The Kier molecular flexibility index (Phi) is 8.32. The number of nitrogens with one attached hydrogen (secondary N) is 1. The van der Waals surface area contributed by atoms with Crippen LogP contribution in [0.25, 0.3) is 10.9 Å². The van der Waals surface area contributed by atoms with Gasteiger partial charge in [0.25, 0.3) is 0 Å². The summed E-state index contributed by atoms with van der Waals surface area (Å²) < 4.78 is 2.33. The molecule has 0 aliphatic rings. The zero-order valence-electron chi connectivity index (χ0n) is 17.2. The Hall–Kier alpha value is -1.68. The molecule has 4 aromatic rings. The van der Waals surface area contributed by atoms with E-state index in [2.05, 4.69) is 53.2 Å². The summed E-state index contributed by atoms with van der Waals surface area (Å²) in [5.41, 5.74) is 6.14. The van der Waals surface area contributed by atoms with Gasteiger partial charge in [-0.05, 0) is 66.9 Å². The molecule has 6 heteroatoms. The van der Waals surface area contributed by atoms with E-state index in [1.807, 2.05) is 24.3 Å². The van der Waals surface area contributed by atoms with Crippen molar-refractivity contribution in [2.45, 2.75) is 26.4 Å². The van der Waals surface area contributed by atoms with Crippen LogP contribution in [0.4, 0.5) is 0 Å². The standard InChI is InChI=1S/C25H23Cl3N2.ClH/c1-17-23(15-29-13-12-18-6-9-20(26)10-7-18)22-4-2-3-5-25(22)30(17)16-19-8-11-21(27)14-24(19)28;/h2-11,14,29H,12-13,15-16H2,1H3;1H. The maximum absolute atomic E-state index is 6.44. The van der Waals surface area contributed by atoms with Crippen LogP contribution in [-0.4, -0.2) is 11.1 Å². The molecule has 31 heavy (non-hydrogen) atoms. The maximum atomic E-state index is 6.44. The van der Waals surface area contributed by atoms with Gasteiger partial charge in [-0.3, -0.25) is 0 Å². The number of aromatic nitrogens is 1. The Morgan fingerprint density at radius 2 is 1.58 bits per heavy atom. The normalized spacial score (nSPS) is 11.0. The average molecular weight is 494 g/mol. The molecule has 1 aromatic heterocycles. The molecule has 0 unspecified atom stereocenters. The Morgan fingerprint density at radius 1 is 0.871 bits per heavy atom. The molecule has 0 saturated heterocycles. The molecule has 0 aliphatic carbocycles. The maximum Gasteiger partial charge on any atom is 0.0493 e. The van der Waals surface area contributed by atoms with Crippen molar-refractivity contribution in [1.29, 1.82) is 0 Å². The quantitative estimate of drug-likeness (QED) is 0.261. The van der Waals surface area contributed by atoms with Crippen LogP contribution in [0.15, 0.2) is 66.7 Å². The first kappa shape index (κ1) is 24.0. The molecular formula is C25H24Cl4N2. The average Bonchev–Trinajstić information content (AvgIpc) is 3.00. The lowest BCUT2D eigenvalue weighted by molar-refractivity contribution is 0.681. The van der Waals surface area contributed by atoms with Crippen LogP contribution < -0.4 is 5.32 Å². The summed E-state index contributed by atoms with van der Waals surface area (Å²) in [5.74, 6) is 0. The molecule has 2 nitrogen and oxygen atoms in total. The van der Waals surface area contributed by atoms with E-state index in [4.69, 9.17) is 34.8 Å². The van der Waals surface area contributed by atoms with E-state index in [1.165, 1.54) is 27.7 Å². The second-order valence-corrected chi connectivity index (χ2v) is 8.74. The lowest BCUT2D eigenvalue weighted by Gasteiger charge is -2.11. The van der Waals surface area contributed by atoms with E-state index in [-0.39, 0.29) is 12.4 Å². The highest BCUT2D eigenvalue weighted by Gasteiger charge is 2.14. The highest BCUT2D eigenvalue weighted by atomic mass is 35.5. The summed E-state index contributed by atoms with van der Waals surface area (Å²) in [6.07, 6.45) is 0.968. The van der Waals surface area contributed by atoms with Crippen molar-refractivity contribution in [1.82, 2.24) is 9.88 Å². The van der Waals surface area contributed by atoms with Crippen molar-refractivity contribution < 1.29 is 0 Å². The fourth-order valence-corrected chi connectivity index (χ4v) is 4.44. The second kappa shape index (κ2) is 10.8. The molecule has 3 aromatic carbocycles. The van der Waals surface area contributed by atoms with Crippen LogP contribution in [0.1, 0.15) is 22.4 Å². The van der Waals surface area contributed by atoms with Crippen LogP contribution in [0.2, 0.25) is 15.1 Å². The summed E-state index contributed by atoms with van der Waals surface area (Å²) in [5, 5.41) is 7.01. The van der Waals surface area contributed by atoms with Crippen LogP contribution >= 0.6 is 47.2 Å². The molecule has 0 amide bonds. The predicted octanol–water partition coefficient (Wildman–Crippen LogP) is 7.71.